The largest absolute Gasteiger partial charge is 0.457 e. The van der Waals surface area contributed by atoms with Gasteiger partial charge in [0.05, 0.1) is 6.61 Å². The molecule has 0 amide bonds. The lowest BCUT2D eigenvalue weighted by Crippen LogP contribution is -2.36. The molecule has 0 aliphatic carbocycles. The summed E-state index contributed by atoms with van der Waals surface area (Å²) < 4.78 is 24.8. The topological polar surface area (TPSA) is 114 Å². The van der Waals surface area contributed by atoms with Crippen LogP contribution >= 0.6 is 0 Å². The third-order valence-corrected chi connectivity index (χ3v) is 3.35. The second-order valence-electron chi connectivity index (χ2n) is 7.38. The van der Waals surface area contributed by atoms with Gasteiger partial charge in [-0.15, -0.1) is 0 Å². The predicted molar refractivity (Wildman–Crippen MR) is 104 cm³/mol. The van der Waals surface area contributed by atoms with Crippen LogP contribution in [0, 0.1) is 0 Å². The van der Waals surface area contributed by atoms with Crippen molar-refractivity contribution in [3.63, 3.8) is 0 Å². The fraction of sp³-hybridized carbons (Fsp3) is 0.524. The van der Waals surface area contributed by atoms with Crippen LogP contribution in [0.2, 0.25) is 0 Å². The van der Waals surface area contributed by atoms with E-state index in [-0.39, 0.29) is 13.2 Å². The second kappa shape index (κ2) is 11.9. The van der Waals surface area contributed by atoms with Crippen molar-refractivity contribution in [2.24, 2.45) is 0 Å². The van der Waals surface area contributed by atoms with Gasteiger partial charge in [0.15, 0.2) is 18.8 Å². The lowest BCUT2D eigenvalue weighted by Gasteiger charge is -2.22. The zero-order valence-electron chi connectivity index (χ0n) is 17.8. The summed E-state index contributed by atoms with van der Waals surface area (Å²) in [5.41, 5.74) is 0.155. The lowest BCUT2D eigenvalue weighted by molar-refractivity contribution is -0.183. The van der Waals surface area contributed by atoms with E-state index in [1.165, 1.54) is 13.8 Å². The summed E-state index contributed by atoms with van der Waals surface area (Å²) in [5, 5.41) is 0. The van der Waals surface area contributed by atoms with Crippen LogP contribution in [-0.2, 0) is 49.5 Å². The van der Waals surface area contributed by atoms with Crippen LogP contribution < -0.4 is 0 Å². The van der Waals surface area contributed by atoms with Gasteiger partial charge < -0.3 is 23.7 Å². The number of carbonyl (C=O) groups excluding carboxylic acids is 4. The highest BCUT2D eigenvalue weighted by Crippen LogP contribution is 2.10. The third-order valence-electron chi connectivity index (χ3n) is 3.35. The maximum atomic E-state index is 11.9. The van der Waals surface area contributed by atoms with E-state index < -0.39 is 48.3 Å². The zero-order chi connectivity index (χ0) is 22.7. The summed E-state index contributed by atoms with van der Waals surface area (Å²) in [6.07, 6.45) is -2.46. The van der Waals surface area contributed by atoms with Gasteiger partial charge in [0.25, 0.3) is 0 Å². The molecular formula is C21H28O9. The van der Waals surface area contributed by atoms with Gasteiger partial charge in [0, 0.05) is 0 Å². The number of ether oxygens (including phenoxy) is 5. The first-order valence-corrected chi connectivity index (χ1v) is 9.38. The number of esters is 4. The molecule has 0 aromatic heterocycles. The van der Waals surface area contributed by atoms with Crippen LogP contribution in [0.15, 0.2) is 30.3 Å². The van der Waals surface area contributed by atoms with E-state index in [0.29, 0.717) is 0 Å². The van der Waals surface area contributed by atoms with Crippen molar-refractivity contribution in [3.05, 3.63) is 35.9 Å². The van der Waals surface area contributed by atoms with Gasteiger partial charge in [-0.05, 0) is 40.2 Å². The average molecular weight is 424 g/mol. The molecule has 0 spiro atoms. The Balaban J connectivity index is 2.28. The minimum absolute atomic E-state index is 0.221. The molecule has 9 heteroatoms. The van der Waals surface area contributed by atoms with Gasteiger partial charge in [0.1, 0.15) is 12.2 Å². The molecule has 1 aromatic rings. The van der Waals surface area contributed by atoms with Crippen LogP contribution in [0.25, 0.3) is 0 Å². The summed E-state index contributed by atoms with van der Waals surface area (Å²) in [6.45, 7) is 6.84. The molecular weight excluding hydrogens is 396 g/mol. The van der Waals surface area contributed by atoms with Crippen LogP contribution in [0.3, 0.4) is 0 Å². The summed E-state index contributed by atoms with van der Waals surface area (Å²) in [5.74, 6) is -3.35. The highest BCUT2D eigenvalue weighted by Gasteiger charge is 2.28. The number of carbonyl (C=O) groups is 4. The number of hydrogen-bond acceptors (Lipinski definition) is 9. The van der Waals surface area contributed by atoms with E-state index in [4.69, 9.17) is 23.7 Å². The fourth-order valence-corrected chi connectivity index (χ4v) is 1.99. The van der Waals surface area contributed by atoms with Gasteiger partial charge >= 0.3 is 23.9 Å². The SMILES string of the molecule is CC(OC(=O)COC(=O)COCc1ccccc1)C(=O)OC(C)C(=O)OC(C)(C)C. The fourth-order valence-electron chi connectivity index (χ4n) is 1.99. The Morgan fingerprint density at radius 2 is 1.43 bits per heavy atom. The molecule has 9 nitrogen and oxygen atoms in total. The van der Waals surface area contributed by atoms with Crippen LogP contribution in [0.1, 0.15) is 40.2 Å². The van der Waals surface area contributed by atoms with Crippen molar-refractivity contribution in [1.29, 1.82) is 0 Å². The van der Waals surface area contributed by atoms with E-state index in [0.717, 1.165) is 5.56 Å². The maximum absolute atomic E-state index is 11.9. The smallest absolute Gasteiger partial charge is 0.347 e. The molecule has 1 rings (SSSR count). The van der Waals surface area contributed by atoms with Crippen molar-refractivity contribution >= 4 is 23.9 Å². The Kier molecular flexibility index (Phi) is 9.97. The molecule has 0 saturated heterocycles. The molecule has 0 aliphatic rings. The lowest BCUT2D eigenvalue weighted by atomic mass is 10.2. The van der Waals surface area contributed by atoms with Gasteiger partial charge in [-0.25, -0.2) is 19.2 Å². The minimum Gasteiger partial charge on any atom is -0.457 e. The Morgan fingerprint density at radius 1 is 0.833 bits per heavy atom. The first-order valence-electron chi connectivity index (χ1n) is 9.38. The Labute approximate surface area is 175 Å². The normalized spacial score (nSPS) is 13.0. The molecule has 1 aromatic carbocycles. The second-order valence-corrected chi connectivity index (χ2v) is 7.38. The van der Waals surface area contributed by atoms with Crippen molar-refractivity contribution in [3.8, 4) is 0 Å². The Morgan fingerprint density at radius 3 is 2.03 bits per heavy atom. The molecule has 30 heavy (non-hydrogen) atoms. The molecule has 166 valence electrons. The summed E-state index contributed by atoms with van der Waals surface area (Å²) >= 11 is 0. The van der Waals surface area contributed by atoms with Crippen LogP contribution in [-0.4, -0.2) is 54.9 Å². The minimum atomic E-state index is -1.30. The van der Waals surface area contributed by atoms with E-state index in [2.05, 4.69) is 0 Å². The first kappa shape index (κ1) is 25.1. The molecule has 2 atom stereocenters. The van der Waals surface area contributed by atoms with Crippen LogP contribution in [0.5, 0.6) is 0 Å². The highest BCUT2D eigenvalue weighted by molar-refractivity contribution is 5.83. The van der Waals surface area contributed by atoms with Crippen molar-refractivity contribution in [1.82, 2.24) is 0 Å². The summed E-state index contributed by atoms with van der Waals surface area (Å²) in [4.78, 5) is 47.1. The zero-order valence-corrected chi connectivity index (χ0v) is 17.8. The average Bonchev–Trinajstić information content (AvgIpc) is 2.65. The van der Waals surface area contributed by atoms with Gasteiger partial charge in [0.2, 0.25) is 0 Å². The summed E-state index contributed by atoms with van der Waals surface area (Å²) in [6, 6.07) is 9.22. The van der Waals surface area contributed by atoms with Gasteiger partial charge in [-0.2, -0.15) is 0 Å². The molecule has 0 aliphatic heterocycles. The number of rotatable bonds is 10. The van der Waals surface area contributed by atoms with Gasteiger partial charge in [-0.3, -0.25) is 0 Å². The van der Waals surface area contributed by atoms with E-state index in [1.54, 1.807) is 20.8 Å². The standard InChI is InChI=1S/C21H28O9/c1-14(19(24)29-15(2)20(25)30-21(3,4)5)28-18(23)13-27-17(22)12-26-11-16-9-7-6-8-10-16/h6-10,14-15H,11-13H2,1-5H3. The quantitative estimate of drug-likeness (QED) is 0.410. The van der Waals surface area contributed by atoms with E-state index >= 15 is 0 Å². The first-order chi connectivity index (χ1) is 14.0. The third kappa shape index (κ3) is 10.6. The van der Waals surface area contributed by atoms with Crippen molar-refractivity contribution < 1.29 is 42.9 Å². The molecule has 2 unspecified atom stereocenters. The molecule has 0 radical (unpaired) electrons. The molecule has 0 N–H and O–H groups in total. The predicted octanol–water partition coefficient (Wildman–Crippen LogP) is 1.95. The van der Waals surface area contributed by atoms with E-state index in [9.17, 15) is 19.2 Å². The van der Waals surface area contributed by atoms with Crippen molar-refractivity contribution in [2.45, 2.75) is 59.0 Å². The molecule has 0 bridgehead atoms. The molecule has 0 heterocycles. The number of benzene rings is 1. The Hall–Kier alpha value is -2.94. The number of hydrogen-bond donors (Lipinski definition) is 0. The van der Waals surface area contributed by atoms with Crippen molar-refractivity contribution in [2.75, 3.05) is 13.2 Å². The maximum Gasteiger partial charge on any atom is 0.347 e. The highest BCUT2D eigenvalue weighted by atomic mass is 16.6. The van der Waals surface area contributed by atoms with E-state index in [1.807, 2.05) is 30.3 Å². The Bertz CT molecular complexity index is 722. The molecule has 0 fully saturated rings. The van der Waals surface area contributed by atoms with Crippen LogP contribution in [0.4, 0.5) is 0 Å². The monoisotopic (exact) mass is 424 g/mol. The van der Waals surface area contributed by atoms with Gasteiger partial charge in [-0.1, -0.05) is 30.3 Å². The molecule has 0 saturated carbocycles. The summed E-state index contributed by atoms with van der Waals surface area (Å²) in [7, 11) is 0.